The van der Waals surface area contributed by atoms with Crippen LogP contribution in [0.5, 0.6) is 11.5 Å². The molecular formula is C17H20N4O5S. The predicted octanol–water partition coefficient (Wildman–Crippen LogP) is 1.33. The molecule has 0 saturated carbocycles. The zero-order valence-electron chi connectivity index (χ0n) is 14.8. The van der Waals surface area contributed by atoms with Gasteiger partial charge in [0.05, 0.1) is 26.7 Å². The minimum absolute atomic E-state index is 0.0876. The fourth-order valence-corrected chi connectivity index (χ4v) is 3.07. The average Bonchev–Trinajstić information content (AvgIpc) is 3.19. The van der Waals surface area contributed by atoms with Gasteiger partial charge in [-0.1, -0.05) is 6.07 Å². The van der Waals surface area contributed by atoms with Gasteiger partial charge < -0.3 is 20.5 Å². The van der Waals surface area contributed by atoms with Gasteiger partial charge in [-0.15, -0.1) is 11.3 Å². The lowest BCUT2D eigenvalue weighted by atomic mass is 10.1. The van der Waals surface area contributed by atoms with Crippen LogP contribution < -0.4 is 31.4 Å². The molecule has 1 aromatic carbocycles. The van der Waals surface area contributed by atoms with Crippen LogP contribution in [0.1, 0.15) is 27.7 Å². The number of carbonyl (C=O) groups is 3. The molecule has 1 unspecified atom stereocenters. The number of urea groups is 1. The van der Waals surface area contributed by atoms with Crippen molar-refractivity contribution in [1.82, 2.24) is 16.2 Å². The molecule has 0 fully saturated rings. The summed E-state index contributed by atoms with van der Waals surface area (Å²) in [5.74, 6) is -0.148. The summed E-state index contributed by atoms with van der Waals surface area (Å²) in [5, 5.41) is 4.33. The van der Waals surface area contributed by atoms with E-state index in [1.165, 1.54) is 37.7 Å². The Morgan fingerprint density at radius 1 is 1.11 bits per heavy atom. The predicted molar refractivity (Wildman–Crippen MR) is 99.6 cm³/mol. The van der Waals surface area contributed by atoms with E-state index in [0.29, 0.717) is 11.5 Å². The molecule has 27 heavy (non-hydrogen) atoms. The van der Waals surface area contributed by atoms with Crippen molar-refractivity contribution in [2.24, 2.45) is 5.73 Å². The fourth-order valence-electron chi connectivity index (χ4n) is 2.30. The van der Waals surface area contributed by atoms with Gasteiger partial charge in [0.2, 0.25) is 5.91 Å². The highest BCUT2D eigenvalue weighted by Crippen LogP contribution is 2.27. The minimum atomic E-state index is -0.740. The number of hydrogen-bond donors (Lipinski definition) is 4. The fraction of sp³-hybridized carbons (Fsp3) is 0.235. The van der Waals surface area contributed by atoms with Gasteiger partial charge in [-0.3, -0.25) is 20.4 Å². The molecular weight excluding hydrogens is 372 g/mol. The number of rotatable bonds is 7. The Kier molecular flexibility index (Phi) is 7.00. The molecule has 0 saturated heterocycles. The number of hydrazine groups is 1. The third-order valence-corrected chi connectivity index (χ3v) is 4.54. The molecule has 2 aromatic rings. The van der Waals surface area contributed by atoms with Gasteiger partial charge in [0.25, 0.3) is 5.91 Å². The summed E-state index contributed by atoms with van der Waals surface area (Å²) in [6.07, 6.45) is -0.0876. The minimum Gasteiger partial charge on any atom is -0.493 e. The highest BCUT2D eigenvalue weighted by atomic mass is 32.1. The van der Waals surface area contributed by atoms with Crippen LogP contribution in [0.25, 0.3) is 0 Å². The second-order valence-corrected chi connectivity index (χ2v) is 6.33. The van der Waals surface area contributed by atoms with E-state index in [1.807, 2.05) is 5.38 Å². The van der Waals surface area contributed by atoms with Crippen LogP contribution in [0.2, 0.25) is 0 Å². The third kappa shape index (κ3) is 5.61. The highest BCUT2D eigenvalue weighted by Gasteiger charge is 2.19. The van der Waals surface area contributed by atoms with Crippen LogP contribution in [-0.2, 0) is 4.79 Å². The summed E-state index contributed by atoms with van der Waals surface area (Å²) < 4.78 is 10.3. The summed E-state index contributed by atoms with van der Waals surface area (Å²) in [6.45, 7) is 0. The van der Waals surface area contributed by atoms with Crippen LogP contribution in [0.3, 0.4) is 0 Å². The van der Waals surface area contributed by atoms with Gasteiger partial charge in [0, 0.05) is 10.4 Å². The number of primary amides is 1. The maximum Gasteiger partial charge on any atom is 0.312 e. The van der Waals surface area contributed by atoms with Crippen LogP contribution in [0.15, 0.2) is 35.7 Å². The molecule has 1 aromatic heterocycles. The lowest BCUT2D eigenvalue weighted by Gasteiger charge is -2.16. The Morgan fingerprint density at radius 2 is 1.85 bits per heavy atom. The van der Waals surface area contributed by atoms with Crippen LogP contribution in [-0.4, -0.2) is 32.1 Å². The molecule has 0 aliphatic heterocycles. The highest BCUT2D eigenvalue weighted by molar-refractivity contribution is 7.10. The van der Waals surface area contributed by atoms with E-state index < -0.39 is 23.9 Å². The molecule has 4 amide bonds. The number of thiophene rings is 1. The first-order valence-electron chi connectivity index (χ1n) is 7.85. The summed E-state index contributed by atoms with van der Waals surface area (Å²) in [7, 11) is 2.94. The first kappa shape index (κ1) is 20.0. The number of benzene rings is 1. The molecule has 9 nitrogen and oxygen atoms in total. The molecule has 0 spiro atoms. The van der Waals surface area contributed by atoms with E-state index in [9.17, 15) is 14.4 Å². The van der Waals surface area contributed by atoms with Crippen molar-refractivity contribution in [1.29, 1.82) is 0 Å². The molecule has 0 bridgehead atoms. The van der Waals surface area contributed by atoms with Crippen molar-refractivity contribution in [2.75, 3.05) is 14.2 Å². The Hall–Kier alpha value is -3.27. The van der Waals surface area contributed by atoms with Crippen molar-refractivity contribution < 1.29 is 23.9 Å². The van der Waals surface area contributed by atoms with Gasteiger partial charge >= 0.3 is 6.03 Å². The van der Waals surface area contributed by atoms with E-state index in [4.69, 9.17) is 15.2 Å². The monoisotopic (exact) mass is 392 g/mol. The van der Waals surface area contributed by atoms with Crippen LogP contribution in [0.4, 0.5) is 4.79 Å². The molecule has 0 aliphatic carbocycles. The average molecular weight is 392 g/mol. The van der Waals surface area contributed by atoms with Crippen molar-refractivity contribution in [3.8, 4) is 11.5 Å². The Balaban J connectivity index is 1.95. The molecule has 0 aliphatic rings. The normalized spacial score (nSPS) is 11.2. The van der Waals surface area contributed by atoms with Crippen molar-refractivity contribution >= 4 is 29.2 Å². The standard InChI is InChI=1S/C17H20N4O5S/c1-25-12-6-5-10(8-13(12)26-2)16(23)21-20-15(22)9-11(19-17(18)24)14-4-3-7-27-14/h3-8,11H,9H2,1-2H3,(H,20,22)(H,21,23)(H3,18,19,24). The van der Waals surface area contributed by atoms with Gasteiger partial charge in [0.1, 0.15) is 0 Å². The molecule has 10 heteroatoms. The summed E-state index contributed by atoms with van der Waals surface area (Å²) in [4.78, 5) is 36.2. The second kappa shape index (κ2) is 9.43. The maximum absolute atomic E-state index is 12.2. The Bertz CT molecular complexity index is 810. The van der Waals surface area contributed by atoms with E-state index in [1.54, 1.807) is 18.2 Å². The number of nitrogens with two attached hydrogens (primary N) is 1. The van der Waals surface area contributed by atoms with Crippen molar-refractivity contribution in [3.05, 3.63) is 46.2 Å². The largest absolute Gasteiger partial charge is 0.493 e. The second-order valence-electron chi connectivity index (χ2n) is 5.35. The molecule has 144 valence electrons. The number of ether oxygens (including phenoxy) is 2. The van der Waals surface area contributed by atoms with Gasteiger partial charge in [0.15, 0.2) is 11.5 Å². The zero-order chi connectivity index (χ0) is 19.8. The molecule has 0 radical (unpaired) electrons. The van der Waals surface area contributed by atoms with E-state index in [-0.39, 0.29) is 12.0 Å². The lowest BCUT2D eigenvalue weighted by molar-refractivity contribution is -0.122. The molecule has 2 rings (SSSR count). The summed E-state index contributed by atoms with van der Waals surface area (Å²) >= 11 is 1.38. The van der Waals surface area contributed by atoms with Crippen LogP contribution in [0, 0.1) is 0 Å². The maximum atomic E-state index is 12.2. The number of amides is 4. The summed E-state index contributed by atoms with van der Waals surface area (Å²) in [6, 6.07) is 6.86. The zero-order valence-corrected chi connectivity index (χ0v) is 15.6. The molecule has 1 heterocycles. The third-order valence-electron chi connectivity index (χ3n) is 3.55. The van der Waals surface area contributed by atoms with Crippen LogP contribution >= 0.6 is 11.3 Å². The Morgan fingerprint density at radius 3 is 2.44 bits per heavy atom. The number of methoxy groups -OCH3 is 2. The first-order chi connectivity index (χ1) is 12.9. The quantitative estimate of drug-likeness (QED) is 0.528. The van der Waals surface area contributed by atoms with E-state index >= 15 is 0 Å². The molecule has 1 atom stereocenters. The van der Waals surface area contributed by atoms with E-state index in [0.717, 1.165) is 4.88 Å². The van der Waals surface area contributed by atoms with Gasteiger partial charge in [-0.2, -0.15) is 0 Å². The number of hydrogen-bond acceptors (Lipinski definition) is 6. The van der Waals surface area contributed by atoms with E-state index in [2.05, 4.69) is 16.2 Å². The van der Waals surface area contributed by atoms with Crippen molar-refractivity contribution in [3.63, 3.8) is 0 Å². The topological polar surface area (TPSA) is 132 Å². The smallest absolute Gasteiger partial charge is 0.312 e. The lowest BCUT2D eigenvalue weighted by Crippen LogP contribution is -2.43. The van der Waals surface area contributed by atoms with Gasteiger partial charge in [-0.25, -0.2) is 4.79 Å². The first-order valence-corrected chi connectivity index (χ1v) is 8.73. The Labute approximate surface area is 159 Å². The summed E-state index contributed by atoms with van der Waals surface area (Å²) in [5.41, 5.74) is 10.1. The van der Waals surface area contributed by atoms with Crippen molar-refractivity contribution in [2.45, 2.75) is 12.5 Å². The number of nitrogens with one attached hydrogen (secondary N) is 3. The number of carbonyl (C=O) groups excluding carboxylic acids is 3. The SMILES string of the molecule is COc1ccc(C(=O)NNC(=O)CC(NC(N)=O)c2cccs2)cc1OC. The van der Waals surface area contributed by atoms with Gasteiger partial charge in [-0.05, 0) is 29.6 Å². The molecule has 5 N–H and O–H groups in total.